The van der Waals surface area contributed by atoms with Crippen molar-refractivity contribution in [2.45, 2.75) is 41.7 Å². The summed E-state index contributed by atoms with van der Waals surface area (Å²) in [5, 5.41) is 5.22. The van der Waals surface area contributed by atoms with E-state index in [9.17, 15) is 18.0 Å². The average Bonchev–Trinajstić information content (AvgIpc) is 2.67. The number of carbonyl (C=O) groups is 2. The first-order chi connectivity index (χ1) is 13.3. The normalized spacial score (nSPS) is 16.2. The Balaban J connectivity index is 1.64. The van der Waals surface area contributed by atoms with Gasteiger partial charge in [-0.15, -0.1) is 11.8 Å². The molecule has 2 N–H and O–H groups in total. The molecule has 0 spiro atoms. The molecule has 8 heteroatoms. The molecule has 0 fully saturated rings. The molecule has 0 saturated carbocycles. The monoisotopic (exact) mass is 418 g/mol. The predicted molar refractivity (Wildman–Crippen MR) is 112 cm³/mol. The second-order valence-corrected chi connectivity index (χ2v) is 10.1. The van der Waals surface area contributed by atoms with Crippen LogP contribution in [0.25, 0.3) is 0 Å². The van der Waals surface area contributed by atoms with Gasteiger partial charge in [-0.3, -0.25) is 9.59 Å². The minimum Gasteiger partial charge on any atom is -0.326 e. The van der Waals surface area contributed by atoms with Gasteiger partial charge < -0.3 is 10.6 Å². The molecule has 0 unspecified atom stereocenters. The summed E-state index contributed by atoms with van der Waals surface area (Å²) in [6.45, 7) is 3.84. The Labute approximate surface area is 169 Å². The van der Waals surface area contributed by atoms with Crippen molar-refractivity contribution < 1.29 is 18.0 Å². The number of rotatable bonds is 6. The summed E-state index contributed by atoms with van der Waals surface area (Å²) in [6.07, 6.45) is 0.762. The molecule has 0 aliphatic carbocycles. The van der Waals surface area contributed by atoms with Crippen LogP contribution in [0.15, 0.2) is 52.3 Å². The number of benzene rings is 2. The maximum atomic E-state index is 12.6. The fraction of sp³-hybridized carbons (Fsp3) is 0.300. The highest BCUT2D eigenvalue weighted by Gasteiger charge is 2.25. The van der Waals surface area contributed by atoms with Gasteiger partial charge >= 0.3 is 0 Å². The summed E-state index contributed by atoms with van der Waals surface area (Å²) in [6, 6.07) is 12.1. The van der Waals surface area contributed by atoms with Gasteiger partial charge in [0, 0.05) is 17.0 Å². The smallest absolute Gasteiger partial charge is 0.237 e. The average molecular weight is 419 g/mol. The fourth-order valence-corrected chi connectivity index (χ4v) is 4.97. The van der Waals surface area contributed by atoms with Crippen molar-refractivity contribution in [3.63, 3.8) is 0 Å². The molecular formula is C20H22N2O4S2. The standard InChI is InChI=1S/C20H22N2O4S2/c1-3-14-4-6-15(7-5-14)21-19(23)10-11-28(25,26)16-8-9-18-17(12-16)22-20(24)13(2)27-18/h4-9,12-13H,3,10-11H2,1-2H3,(H,21,23)(H,22,24)/t13-/m0/s1. The maximum Gasteiger partial charge on any atom is 0.237 e. The van der Waals surface area contributed by atoms with Crippen LogP contribution < -0.4 is 10.6 Å². The Morgan fingerprint density at radius 3 is 2.57 bits per heavy atom. The third-order valence-electron chi connectivity index (χ3n) is 4.48. The quantitative estimate of drug-likeness (QED) is 0.749. The number of fused-ring (bicyclic) bond motifs is 1. The van der Waals surface area contributed by atoms with Gasteiger partial charge in [0.05, 0.1) is 21.6 Å². The molecule has 1 aliphatic heterocycles. The molecule has 0 saturated heterocycles. The van der Waals surface area contributed by atoms with Crippen LogP contribution in [-0.2, 0) is 25.8 Å². The Bertz CT molecular complexity index is 1000. The molecule has 2 aromatic carbocycles. The van der Waals surface area contributed by atoms with Crippen molar-refractivity contribution in [2.24, 2.45) is 0 Å². The van der Waals surface area contributed by atoms with E-state index in [0.29, 0.717) is 11.4 Å². The molecule has 2 aromatic rings. The highest BCUT2D eigenvalue weighted by molar-refractivity contribution is 8.01. The number of anilines is 2. The highest BCUT2D eigenvalue weighted by Crippen LogP contribution is 2.36. The number of nitrogens with one attached hydrogen (secondary N) is 2. The van der Waals surface area contributed by atoms with Gasteiger partial charge in [0.2, 0.25) is 11.8 Å². The Morgan fingerprint density at radius 1 is 1.18 bits per heavy atom. The van der Waals surface area contributed by atoms with Crippen molar-refractivity contribution in [3.05, 3.63) is 48.0 Å². The van der Waals surface area contributed by atoms with E-state index in [1.54, 1.807) is 25.1 Å². The number of hydrogen-bond acceptors (Lipinski definition) is 5. The molecule has 1 aliphatic rings. The van der Waals surface area contributed by atoms with Crippen LogP contribution in [0.3, 0.4) is 0 Å². The summed E-state index contributed by atoms with van der Waals surface area (Å²) in [5.74, 6) is -0.814. The van der Waals surface area contributed by atoms with Crippen molar-refractivity contribution in [2.75, 3.05) is 16.4 Å². The molecule has 1 heterocycles. The van der Waals surface area contributed by atoms with Crippen LogP contribution in [0.4, 0.5) is 11.4 Å². The number of amides is 2. The van der Waals surface area contributed by atoms with Gasteiger partial charge in [-0.25, -0.2) is 8.42 Å². The summed E-state index contributed by atoms with van der Waals surface area (Å²) < 4.78 is 25.2. The number of hydrogen-bond donors (Lipinski definition) is 2. The van der Waals surface area contributed by atoms with E-state index < -0.39 is 9.84 Å². The third kappa shape index (κ3) is 4.74. The van der Waals surface area contributed by atoms with E-state index >= 15 is 0 Å². The second-order valence-electron chi connectivity index (χ2n) is 6.57. The lowest BCUT2D eigenvalue weighted by atomic mass is 10.1. The zero-order valence-corrected chi connectivity index (χ0v) is 17.3. The van der Waals surface area contributed by atoms with Gasteiger partial charge in [-0.05, 0) is 49.2 Å². The minimum atomic E-state index is -3.64. The molecule has 2 amide bonds. The first kappa shape index (κ1) is 20.4. The molecule has 6 nitrogen and oxygen atoms in total. The van der Waals surface area contributed by atoms with Gasteiger partial charge in [-0.2, -0.15) is 0 Å². The van der Waals surface area contributed by atoms with Crippen molar-refractivity contribution in [3.8, 4) is 0 Å². The van der Waals surface area contributed by atoms with Crippen LogP contribution >= 0.6 is 11.8 Å². The SMILES string of the molecule is CCc1ccc(NC(=O)CCS(=O)(=O)c2ccc3c(c2)NC(=O)[C@H](C)S3)cc1. The van der Waals surface area contributed by atoms with Crippen LogP contribution in [0.2, 0.25) is 0 Å². The topological polar surface area (TPSA) is 92.3 Å². The third-order valence-corrected chi connectivity index (χ3v) is 7.38. The van der Waals surface area contributed by atoms with Crippen molar-refractivity contribution >= 4 is 44.8 Å². The van der Waals surface area contributed by atoms with Crippen LogP contribution in [0.1, 0.15) is 25.8 Å². The van der Waals surface area contributed by atoms with E-state index in [-0.39, 0.29) is 34.1 Å². The van der Waals surface area contributed by atoms with E-state index in [4.69, 9.17) is 0 Å². The molecule has 1 atom stereocenters. The first-order valence-electron chi connectivity index (χ1n) is 9.01. The Kier molecular flexibility index (Phi) is 6.10. The molecule has 148 valence electrons. The Hall–Kier alpha value is -2.32. The summed E-state index contributed by atoms with van der Waals surface area (Å²) in [4.78, 5) is 24.9. The van der Waals surface area contributed by atoms with Crippen LogP contribution in [0, 0.1) is 0 Å². The lowest BCUT2D eigenvalue weighted by molar-refractivity contribution is -0.116. The van der Waals surface area contributed by atoms with Crippen molar-refractivity contribution in [1.82, 2.24) is 0 Å². The number of thioether (sulfide) groups is 1. The van der Waals surface area contributed by atoms with E-state index in [0.717, 1.165) is 16.9 Å². The summed E-state index contributed by atoms with van der Waals surface area (Å²) >= 11 is 1.39. The molecule has 0 aromatic heterocycles. The number of sulfone groups is 1. The molecule has 28 heavy (non-hydrogen) atoms. The Morgan fingerprint density at radius 2 is 1.89 bits per heavy atom. The molecule has 0 radical (unpaired) electrons. The summed E-state index contributed by atoms with van der Waals surface area (Å²) in [7, 11) is -3.64. The molecular weight excluding hydrogens is 396 g/mol. The predicted octanol–water partition coefficient (Wildman–Crippen LogP) is 3.48. The molecule has 0 bridgehead atoms. The molecule has 3 rings (SSSR count). The first-order valence-corrected chi connectivity index (χ1v) is 11.5. The van der Waals surface area contributed by atoms with Gasteiger partial charge in [0.15, 0.2) is 9.84 Å². The van der Waals surface area contributed by atoms with E-state index in [2.05, 4.69) is 10.6 Å². The number of aryl methyl sites for hydroxylation is 1. The maximum absolute atomic E-state index is 12.6. The van der Waals surface area contributed by atoms with Crippen LogP contribution in [0.5, 0.6) is 0 Å². The largest absolute Gasteiger partial charge is 0.326 e. The van der Waals surface area contributed by atoms with E-state index in [1.807, 2.05) is 19.1 Å². The van der Waals surface area contributed by atoms with Gasteiger partial charge in [-0.1, -0.05) is 19.1 Å². The summed E-state index contributed by atoms with van der Waals surface area (Å²) in [5.41, 5.74) is 2.30. The fourth-order valence-electron chi connectivity index (χ4n) is 2.77. The highest BCUT2D eigenvalue weighted by atomic mass is 32.2. The van der Waals surface area contributed by atoms with E-state index in [1.165, 1.54) is 23.9 Å². The van der Waals surface area contributed by atoms with Gasteiger partial charge in [0.25, 0.3) is 0 Å². The zero-order valence-electron chi connectivity index (χ0n) is 15.7. The lowest BCUT2D eigenvalue weighted by Gasteiger charge is -2.21. The number of carbonyl (C=O) groups excluding carboxylic acids is 2. The zero-order chi connectivity index (χ0) is 20.3. The van der Waals surface area contributed by atoms with Gasteiger partial charge in [0.1, 0.15) is 0 Å². The lowest BCUT2D eigenvalue weighted by Crippen LogP contribution is -2.26. The second kappa shape index (κ2) is 8.36. The van der Waals surface area contributed by atoms with Crippen LogP contribution in [-0.4, -0.2) is 31.2 Å². The minimum absolute atomic E-state index is 0.0989. The van der Waals surface area contributed by atoms with Crippen molar-refractivity contribution in [1.29, 1.82) is 0 Å².